The van der Waals surface area contributed by atoms with Crippen LogP contribution in [0.2, 0.25) is 0 Å². The molecule has 1 N–H and O–H groups in total. The van der Waals surface area contributed by atoms with E-state index in [1.165, 1.54) is 5.57 Å². The highest BCUT2D eigenvalue weighted by atomic mass is 16.6. The Kier molecular flexibility index (Phi) is 7.15. The number of cyclic esters (lactones) is 1. The number of hydrogen-bond acceptors (Lipinski definition) is 7. The number of rotatable bonds is 6. The molecule has 3 aliphatic heterocycles. The number of aromatic nitrogens is 4. The third-order valence-electron chi connectivity index (χ3n) is 10.4. The lowest BCUT2D eigenvalue weighted by atomic mass is 9.97. The van der Waals surface area contributed by atoms with E-state index in [9.17, 15) is 9.59 Å². The molecular weight excluding hydrogens is 630 g/mol. The normalized spacial score (nSPS) is 20.2. The Morgan fingerprint density at radius 2 is 1.88 bits per heavy atom. The minimum absolute atomic E-state index is 0.0598. The van der Waals surface area contributed by atoms with Crippen LogP contribution in [0.4, 0.5) is 10.5 Å². The SMILES string of the molecule is Cc1cc(N2CC(C)(C)OC2=O)ccc1-c1ccc2cc(-c3nc4cc5c(cc4n3C)CCN(C[C@H]3COCCN3)C5=O)n(C=C3CC3)c2n1. The van der Waals surface area contributed by atoms with E-state index >= 15 is 0 Å². The molecule has 256 valence electrons. The number of pyridine rings is 1. The first-order valence-corrected chi connectivity index (χ1v) is 17.5. The molecule has 4 aliphatic rings. The summed E-state index contributed by atoms with van der Waals surface area (Å²) in [5, 5.41) is 4.49. The molecule has 5 aromatic rings. The first-order chi connectivity index (χ1) is 24.1. The fourth-order valence-corrected chi connectivity index (χ4v) is 7.62. The fraction of sp³-hybridized carbons (Fsp3) is 0.385. The molecule has 9 rings (SSSR count). The molecule has 6 heterocycles. The van der Waals surface area contributed by atoms with E-state index in [0.717, 1.165) is 93.0 Å². The Morgan fingerprint density at radius 1 is 1.02 bits per heavy atom. The van der Waals surface area contributed by atoms with Gasteiger partial charge in [0.05, 0.1) is 42.2 Å². The third kappa shape index (κ3) is 5.36. The van der Waals surface area contributed by atoms with Crippen molar-refractivity contribution in [2.24, 2.45) is 7.05 Å². The number of amides is 2. The average Bonchev–Trinajstić information content (AvgIpc) is 3.69. The first-order valence-electron chi connectivity index (χ1n) is 17.5. The Morgan fingerprint density at radius 3 is 2.62 bits per heavy atom. The van der Waals surface area contributed by atoms with Gasteiger partial charge < -0.3 is 24.3 Å². The van der Waals surface area contributed by atoms with E-state index in [-0.39, 0.29) is 18.0 Å². The number of morpholine rings is 1. The van der Waals surface area contributed by atoms with Crippen LogP contribution in [0.15, 0.2) is 54.1 Å². The van der Waals surface area contributed by atoms with Crippen LogP contribution in [0.25, 0.3) is 51.0 Å². The number of fused-ring (bicyclic) bond motifs is 3. The second kappa shape index (κ2) is 11.5. The number of ether oxygens (including phenoxy) is 2. The van der Waals surface area contributed by atoms with Crippen molar-refractivity contribution in [2.45, 2.75) is 51.7 Å². The van der Waals surface area contributed by atoms with Gasteiger partial charge in [-0.2, -0.15) is 0 Å². The summed E-state index contributed by atoms with van der Waals surface area (Å²) in [5.41, 5.74) is 10.0. The molecule has 1 aliphatic carbocycles. The summed E-state index contributed by atoms with van der Waals surface area (Å²) in [5.74, 6) is 0.887. The predicted molar refractivity (Wildman–Crippen MR) is 193 cm³/mol. The number of benzene rings is 2. The summed E-state index contributed by atoms with van der Waals surface area (Å²) in [6.45, 7) is 9.90. The number of aryl methyl sites for hydroxylation is 2. The van der Waals surface area contributed by atoms with Gasteiger partial charge in [0.2, 0.25) is 0 Å². The van der Waals surface area contributed by atoms with Gasteiger partial charge in [-0.25, -0.2) is 14.8 Å². The van der Waals surface area contributed by atoms with Crippen LogP contribution in [-0.2, 0) is 22.9 Å². The molecule has 11 nitrogen and oxygen atoms in total. The minimum atomic E-state index is -0.519. The van der Waals surface area contributed by atoms with Gasteiger partial charge in [-0.1, -0.05) is 11.6 Å². The Labute approximate surface area is 290 Å². The van der Waals surface area contributed by atoms with Gasteiger partial charge in [0, 0.05) is 61.1 Å². The van der Waals surface area contributed by atoms with Crippen LogP contribution in [0.5, 0.6) is 0 Å². The highest BCUT2D eigenvalue weighted by Crippen LogP contribution is 2.37. The first kappa shape index (κ1) is 31.0. The highest BCUT2D eigenvalue weighted by Gasteiger charge is 2.38. The smallest absolute Gasteiger partial charge is 0.415 e. The molecule has 1 atom stereocenters. The average molecular weight is 672 g/mol. The van der Waals surface area contributed by atoms with Gasteiger partial charge in [0.15, 0.2) is 5.82 Å². The molecule has 11 heteroatoms. The third-order valence-corrected chi connectivity index (χ3v) is 10.4. The van der Waals surface area contributed by atoms with Crippen molar-refractivity contribution >= 4 is 46.0 Å². The summed E-state index contributed by atoms with van der Waals surface area (Å²) < 4.78 is 15.5. The van der Waals surface area contributed by atoms with Crippen molar-refractivity contribution in [3.05, 3.63) is 70.8 Å². The quantitative estimate of drug-likeness (QED) is 0.239. The zero-order valence-electron chi connectivity index (χ0n) is 29.0. The number of carbonyl (C=O) groups is 2. The number of carbonyl (C=O) groups excluding carboxylic acids is 2. The van der Waals surface area contributed by atoms with E-state index < -0.39 is 5.60 Å². The van der Waals surface area contributed by atoms with Gasteiger partial charge in [0.25, 0.3) is 5.91 Å². The van der Waals surface area contributed by atoms with Crippen LogP contribution >= 0.6 is 0 Å². The summed E-state index contributed by atoms with van der Waals surface area (Å²) >= 11 is 0. The molecule has 0 bridgehead atoms. The largest absolute Gasteiger partial charge is 0.441 e. The number of allylic oxidation sites excluding steroid dienone is 1. The van der Waals surface area contributed by atoms with E-state index in [4.69, 9.17) is 19.4 Å². The number of imidazole rings is 1. The topological polar surface area (TPSA) is 107 Å². The summed E-state index contributed by atoms with van der Waals surface area (Å²) in [6, 6.07) is 16.7. The van der Waals surface area contributed by atoms with Crippen LogP contribution < -0.4 is 10.2 Å². The van der Waals surface area contributed by atoms with Gasteiger partial charge in [-0.3, -0.25) is 14.3 Å². The molecule has 1 saturated carbocycles. The Hall–Kier alpha value is -5.00. The van der Waals surface area contributed by atoms with Crippen molar-refractivity contribution in [3.8, 4) is 22.8 Å². The van der Waals surface area contributed by atoms with Crippen molar-refractivity contribution < 1.29 is 19.1 Å². The van der Waals surface area contributed by atoms with Gasteiger partial charge >= 0.3 is 6.09 Å². The number of nitrogens with one attached hydrogen (secondary N) is 1. The maximum absolute atomic E-state index is 13.7. The molecule has 0 unspecified atom stereocenters. The zero-order valence-corrected chi connectivity index (χ0v) is 29.0. The lowest BCUT2D eigenvalue weighted by molar-refractivity contribution is 0.0511. The van der Waals surface area contributed by atoms with Crippen molar-refractivity contribution in [1.82, 2.24) is 29.3 Å². The predicted octanol–water partition coefficient (Wildman–Crippen LogP) is 5.92. The van der Waals surface area contributed by atoms with E-state index in [1.54, 1.807) is 4.90 Å². The number of anilines is 1. The second-order valence-electron chi connectivity index (χ2n) is 14.7. The monoisotopic (exact) mass is 671 g/mol. The van der Waals surface area contributed by atoms with Crippen molar-refractivity contribution in [2.75, 3.05) is 44.3 Å². The van der Waals surface area contributed by atoms with Crippen LogP contribution in [0, 0.1) is 6.92 Å². The molecule has 0 spiro atoms. The molecule has 3 aromatic heterocycles. The Bertz CT molecular complexity index is 2250. The van der Waals surface area contributed by atoms with Gasteiger partial charge in [-0.15, -0.1) is 0 Å². The number of hydrogen-bond donors (Lipinski definition) is 1. The molecular formula is C39H41N7O4. The summed E-state index contributed by atoms with van der Waals surface area (Å²) in [7, 11) is 2.05. The minimum Gasteiger partial charge on any atom is -0.441 e. The summed E-state index contributed by atoms with van der Waals surface area (Å²) in [6.07, 6.45) is 4.85. The molecule has 2 aromatic carbocycles. The fourth-order valence-electron chi connectivity index (χ4n) is 7.62. The van der Waals surface area contributed by atoms with Gasteiger partial charge in [-0.05, 0) is 93.6 Å². The Balaban J connectivity index is 1.07. The second-order valence-corrected chi connectivity index (χ2v) is 14.7. The van der Waals surface area contributed by atoms with Crippen LogP contribution in [-0.4, -0.2) is 87.0 Å². The van der Waals surface area contributed by atoms with E-state index in [0.29, 0.717) is 32.8 Å². The lowest BCUT2D eigenvalue weighted by Crippen LogP contribution is -2.51. The molecule has 50 heavy (non-hydrogen) atoms. The maximum atomic E-state index is 13.7. The standard InChI is InChI=1S/C39H41N7O4/c1-23-15-28(46-22-39(2,3)50-38(46)48)8-9-29(23)31-10-7-26-17-34(45(35(26)41-31)19-24-5-6-24)36-42-32-18-30-25(16-33(32)43(36)4)11-13-44(37(30)47)20-27-21-49-14-12-40-27/h7-10,15-19,27,40H,5-6,11-14,20-22H2,1-4H3/t27-/m0/s1. The van der Waals surface area contributed by atoms with E-state index in [2.05, 4.69) is 58.9 Å². The van der Waals surface area contributed by atoms with Crippen molar-refractivity contribution in [1.29, 1.82) is 0 Å². The van der Waals surface area contributed by atoms with Crippen molar-refractivity contribution in [3.63, 3.8) is 0 Å². The zero-order chi connectivity index (χ0) is 34.3. The number of nitrogens with zero attached hydrogens (tertiary/aromatic N) is 6. The maximum Gasteiger partial charge on any atom is 0.415 e. The van der Waals surface area contributed by atoms with Gasteiger partial charge in [0.1, 0.15) is 11.2 Å². The lowest BCUT2D eigenvalue weighted by Gasteiger charge is -2.33. The molecule has 2 saturated heterocycles. The van der Waals surface area contributed by atoms with E-state index in [1.807, 2.05) is 43.0 Å². The molecule has 0 radical (unpaired) electrons. The molecule has 3 fully saturated rings. The summed E-state index contributed by atoms with van der Waals surface area (Å²) in [4.78, 5) is 40.2. The molecule has 2 amide bonds. The van der Waals surface area contributed by atoms with Crippen LogP contribution in [0.3, 0.4) is 0 Å². The van der Waals surface area contributed by atoms with Crippen LogP contribution in [0.1, 0.15) is 48.2 Å². The highest BCUT2D eigenvalue weighted by molar-refractivity contribution is 6.01.